The summed E-state index contributed by atoms with van der Waals surface area (Å²) >= 11 is 0. The Morgan fingerprint density at radius 3 is 2.76 bits per heavy atom. The molecule has 0 radical (unpaired) electrons. The van der Waals surface area contributed by atoms with Gasteiger partial charge in [0.2, 0.25) is 0 Å². The lowest BCUT2D eigenvalue weighted by Gasteiger charge is -2.14. The zero-order valence-electron chi connectivity index (χ0n) is 9.19. The van der Waals surface area contributed by atoms with Crippen molar-refractivity contribution in [2.75, 3.05) is 0 Å². The molecule has 0 heterocycles. The van der Waals surface area contributed by atoms with Crippen molar-refractivity contribution in [3.63, 3.8) is 0 Å². The fraction of sp³-hybridized carbons (Fsp3) is 0.250. The van der Waals surface area contributed by atoms with Gasteiger partial charge in [0.1, 0.15) is 17.1 Å². The Kier molecular flexibility index (Phi) is 4.23. The van der Waals surface area contributed by atoms with Crippen LogP contribution < -0.4 is 5.73 Å². The summed E-state index contributed by atoms with van der Waals surface area (Å²) in [4.78, 5) is 10.8. The van der Waals surface area contributed by atoms with Gasteiger partial charge in [-0.2, -0.15) is 0 Å². The van der Waals surface area contributed by atoms with Gasteiger partial charge < -0.3 is 15.9 Å². The molecule has 0 saturated carbocycles. The molecule has 0 aliphatic rings. The standard InChI is InChI=1S/C12H14FNO3/c1-2-3-4-10(14)8-5-7(13)6-9(11(8)15)12(16)17/h2,5-6,10,15H,1,3-4,14H2,(H,16,17)/t10-/m1/s1. The molecule has 1 atom stereocenters. The van der Waals surface area contributed by atoms with Gasteiger partial charge in [0.25, 0.3) is 0 Å². The van der Waals surface area contributed by atoms with Crippen LogP contribution in [0, 0.1) is 5.82 Å². The summed E-state index contributed by atoms with van der Waals surface area (Å²) in [6, 6.07) is 1.19. The lowest BCUT2D eigenvalue weighted by Crippen LogP contribution is -2.12. The quantitative estimate of drug-likeness (QED) is 0.688. The molecular weight excluding hydrogens is 225 g/mol. The number of carboxylic acids is 1. The number of halogens is 1. The van der Waals surface area contributed by atoms with Gasteiger partial charge in [-0.25, -0.2) is 9.18 Å². The minimum atomic E-state index is -1.39. The minimum absolute atomic E-state index is 0.101. The molecule has 0 saturated heterocycles. The predicted molar refractivity (Wildman–Crippen MR) is 61.4 cm³/mol. The maximum Gasteiger partial charge on any atom is 0.339 e. The van der Waals surface area contributed by atoms with E-state index in [2.05, 4.69) is 6.58 Å². The first kappa shape index (κ1) is 13.2. The van der Waals surface area contributed by atoms with E-state index in [1.165, 1.54) is 0 Å². The summed E-state index contributed by atoms with van der Waals surface area (Å²) in [5.41, 5.74) is 5.38. The van der Waals surface area contributed by atoms with Crippen LogP contribution in [0.3, 0.4) is 0 Å². The van der Waals surface area contributed by atoms with Crippen molar-refractivity contribution < 1.29 is 19.4 Å². The number of carboxylic acid groups (broad SMARTS) is 1. The molecular formula is C12H14FNO3. The van der Waals surface area contributed by atoms with Crippen LogP contribution in [0.1, 0.15) is 34.8 Å². The van der Waals surface area contributed by atoms with Gasteiger partial charge in [-0.1, -0.05) is 6.08 Å². The Bertz CT molecular complexity index is 446. The highest BCUT2D eigenvalue weighted by Gasteiger charge is 2.19. The van der Waals surface area contributed by atoms with E-state index in [-0.39, 0.29) is 5.56 Å². The normalized spacial score (nSPS) is 12.1. The zero-order valence-corrected chi connectivity index (χ0v) is 9.19. The molecule has 17 heavy (non-hydrogen) atoms. The van der Waals surface area contributed by atoms with Crippen molar-refractivity contribution in [3.05, 3.63) is 41.7 Å². The van der Waals surface area contributed by atoms with Crippen LogP contribution in [0.25, 0.3) is 0 Å². The highest BCUT2D eigenvalue weighted by molar-refractivity contribution is 5.91. The second-order valence-electron chi connectivity index (χ2n) is 3.67. The third kappa shape index (κ3) is 3.04. The molecule has 92 valence electrons. The topological polar surface area (TPSA) is 83.6 Å². The van der Waals surface area contributed by atoms with Crippen LogP contribution in [0.15, 0.2) is 24.8 Å². The van der Waals surface area contributed by atoms with Crippen molar-refractivity contribution in [1.29, 1.82) is 0 Å². The van der Waals surface area contributed by atoms with Crippen LogP contribution in [0.2, 0.25) is 0 Å². The van der Waals surface area contributed by atoms with Crippen molar-refractivity contribution in [3.8, 4) is 5.75 Å². The van der Waals surface area contributed by atoms with Gasteiger partial charge in [-0.05, 0) is 25.0 Å². The number of aromatic hydroxyl groups is 1. The number of hydrogen-bond acceptors (Lipinski definition) is 3. The van der Waals surface area contributed by atoms with Crippen LogP contribution >= 0.6 is 0 Å². The van der Waals surface area contributed by atoms with E-state index in [4.69, 9.17) is 10.8 Å². The van der Waals surface area contributed by atoms with E-state index in [0.717, 1.165) is 12.1 Å². The summed E-state index contributed by atoms with van der Waals surface area (Å²) in [6.45, 7) is 3.53. The van der Waals surface area contributed by atoms with E-state index < -0.39 is 29.1 Å². The van der Waals surface area contributed by atoms with Crippen LogP contribution in [0.5, 0.6) is 5.75 Å². The number of phenols is 1. The first-order chi connectivity index (χ1) is 7.97. The van der Waals surface area contributed by atoms with Gasteiger partial charge in [0.05, 0.1) is 0 Å². The molecule has 0 amide bonds. The minimum Gasteiger partial charge on any atom is -0.507 e. The fourth-order valence-electron chi connectivity index (χ4n) is 1.52. The predicted octanol–water partition coefficient (Wildman–Crippen LogP) is 2.20. The lowest BCUT2D eigenvalue weighted by atomic mass is 9.99. The fourth-order valence-corrected chi connectivity index (χ4v) is 1.52. The van der Waals surface area contributed by atoms with E-state index in [9.17, 15) is 14.3 Å². The average Bonchev–Trinajstić information content (AvgIpc) is 2.28. The van der Waals surface area contributed by atoms with Gasteiger partial charge in [0.15, 0.2) is 0 Å². The summed E-state index contributed by atoms with van der Waals surface area (Å²) in [7, 11) is 0. The molecule has 0 aromatic heterocycles. The molecule has 1 aromatic carbocycles. The molecule has 1 aromatic rings. The van der Waals surface area contributed by atoms with Gasteiger partial charge in [0, 0.05) is 11.6 Å². The summed E-state index contributed by atoms with van der Waals surface area (Å²) in [6.07, 6.45) is 2.70. The van der Waals surface area contributed by atoms with Crippen LogP contribution in [-0.4, -0.2) is 16.2 Å². The number of aromatic carboxylic acids is 1. The molecule has 1 rings (SSSR count). The third-order valence-electron chi connectivity index (χ3n) is 2.42. The van der Waals surface area contributed by atoms with Gasteiger partial charge >= 0.3 is 5.97 Å². The summed E-state index contributed by atoms with van der Waals surface area (Å²) < 4.78 is 13.2. The molecule has 0 spiro atoms. The number of rotatable bonds is 5. The van der Waals surface area contributed by atoms with Gasteiger partial charge in [-0.15, -0.1) is 6.58 Å². The second kappa shape index (κ2) is 5.45. The third-order valence-corrected chi connectivity index (χ3v) is 2.42. The monoisotopic (exact) mass is 239 g/mol. The SMILES string of the molecule is C=CCC[C@@H](N)c1cc(F)cc(C(=O)O)c1O. The lowest BCUT2D eigenvalue weighted by molar-refractivity contribution is 0.0693. The highest BCUT2D eigenvalue weighted by atomic mass is 19.1. The Hall–Kier alpha value is -1.88. The molecule has 4 N–H and O–H groups in total. The van der Waals surface area contributed by atoms with Crippen LogP contribution in [0.4, 0.5) is 4.39 Å². The molecule has 5 heteroatoms. The summed E-state index contributed by atoms with van der Waals surface area (Å²) in [5.74, 6) is -2.60. The maximum atomic E-state index is 13.2. The van der Waals surface area contributed by atoms with Crippen LogP contribution in [-0.2, 0) is 0 Å². The average molecular weight is 239 g/mol. The second-order valence-corrected chi connectivity index (χ2v) is 3.67. The van der Waals surface area contributed by atoms with Crippen molar-refractivity contribution >= 4 is 5.97 Å². The molecule has 4 nitrogen and oxygen atoms in total. The number of nitrogens with two attached hydrogens (primary N) is 1. The smallest absolute Gasteiger partial charge is 0.339 e. The number of allylic oxidation sites excluding steroid dienone is 1. The van der Waals surface area contributed by atoms with Crippen molar-refractivity contribution in [2.45, 2.75) is 18.9 Å². The Balaban J connectivity index is 3.14. The van der Waals surface area contributed by atoms with Gasteiger partial charge in [-0.3, -0.25) is 0 Å². The maximum absolute atomic E-state index is 13.2. The molecule has 0 unspecified atom stereocenters. The molecule has 0 aliphatic carbocycles. The van der Waals surface area contributed by atoms with E-state index in [0.29, 0.717) is 12.8 Å². The molecule has 0 bridgehead atoms. The zero-order chi connectivity index (χ0) is 13.0. The number of hydrogen-bond donors (Lipinski definition) is 3. The first-order valence-electron chi connectivity index (χ1n) is 5.09. The number of benzene rings is 1. The van der Waals surface area contributed by atoms with Crippen molar-refractivity contribution in [2.24, 2.45) is 5.73 Å². The Labute approximate surface area is 98.2 Å². The Morgan fingerprint density at radius 1 is 1.59 bits per heavy atom. The van der Waals surface area contributed by atoms with Crippen molar-refractivity contribution in [1.82, 2.24) is 0 Å². The molecule has 0 fully saturated rings. The van der Waals surface area contributed by atoms with E-state index >= 15 is 0 Å². The number of carbonyl (C=O) groups is 1. The first-order valence-corrected chi connectivity index (χ1v) is 5.09. The molecule has 0 aliphatic heterocycles. The van der Waals surface area contributed by atoms with E-state index in [1.807, 2.05) is 0 Å². The summed E-state index contributed by atoms with van der Waals surface area (Å²) in [5, 5.41) is 18.5. The largest absolute Gasteiger partial charge is 0.507 e. The Morgan fingerprint density at radius 2 is 2.24 bits per heavy atom. The van der Waals surface area contributed by atoms with E-state index in [1.54, 1.807) is 6.08 Å². The highest BCUT2D eigenvalue weighted by Crippen LogP contribution is 2.30.